The highest BCUT2D eigenvalue weighted by molar-refractivity contribution is 6.03. The lowest BCUT2D eigenvalue weighted by Gasteiger charge is -2.08. The van der Waals surface area contributed by atoms with Crippen LogP contribution in [-0.4, -0.2) is 28.7 Å². The monoisotopic (exact) mass is 311 g/mol. The SMILES string of the molecule is Cc1ccc(NC(=O)c2ccc(OCC(F)(F)F)nc2)nc1. The number of pyridine rings is 2. The quantitative estimate of drug-likeness (QED) is 0.943. The van der Waals surface area contributed by atoms with Gasteiger partial charge in [-0.15, -0.1) is 0 Å². The van der Waals surface area contributed by atoms with Gasteiger partial charge in [0.15, 0.2) is 6.61 Å². The highest BCUT2D eigenvalue weighted by Crippen LogP contribution is 2.17. The van der Waals surface area contributed by atoms with E-state index in [9.17, 15) is 18.0 Å². The first-order chi connectivity index (χ1) is 10.3. The van der Waals surface area contributed by atoms with Gasteiger partial charge in [-0.2, -0.15) is 13.2 Å². The second-order valence-electron chi connectivity index (χ2n) is 4.46. The van der Waals surface area contributed by atoms with Crippen LogP contribution in [0.25, 0.3) is 0 Å². The van der Waals surface area contributed by atoms with Crippen molar-refractivity contribution in [3.8, 4) is 5.88 Å². The van der Waals surface area contributed by atoms with Gasteiger partial charge in [0.05, 0.1) is 5.56 Å². The topological polar surface area (TPSA) is 64.1 Å². The third-order valence-corrected chi connectivity index (χ3v) is 2.54. The maximum Gasteiger partial charge on any atom is 0.422 e. The Balaban J connectivity index is 1.97. The molecule has 116 valence electrons. The van der Waals surface area contributed by atoms with Crippen molar-refractivity contribution in [3.63, 3.8) is 0 Å². The van der Waals surface area contributed by atoms with Gasteiger partial charge in [0, 0.05) is 18.5 Å². The number of carbonyl (C=O) groups excluding carboxylic acids is 1. The molecule has 2 aromatic rings. The van der Waals surface area contributed by atoms with Crippen molar-refractivity contribution in [1.82, 2.24) is 9.97 Å². The number of rotatable bonds is 4. The molecule has 2 rings (SSSR count). The summed E-state index contributed by atoms with van der Waals surface area (Å²) in [4.78, 5) is 19.6. The third kappa shape index (κ3) is 4.72. The number of alkyl halides is 3. The van der Waals surface area contributed by atoms with Crippen LogP contribution < -0.4 is 10.1 Å². The Bertz CT molecular complexity index is 640. The lowest BCUT2D eigenvalue weighted by Crippen LogP contribution is -2.19. The minimum atomic E-state index is -4.44. The number of hydrogen-bond acceptors (Lipinski definition) is 4. The second-order valence-corrected chi connectivity index (χ2v) is 4.46. The normalized spacial score (nSPS) is 11.1. The van der Waals surface area contributed by atoms with E-state index in [0.717, 1.165) is 11.8 Å². The van der Waals surface area contributed by atoms with Gasteiger partial charge in [-0.1, -0.05) is 6.07 Å². The number of ether oxygens (including phenoxy) is 1. The zero-order chi connectivity index (χ0) is 16.2. The summed E-state index contributed by atoms with van der Waals surface area (Å²) in [7, 11) is 0. The van der Waals surface area contributed by atoms with Gasteiger partial charge in [-0.05, 0) is 24.6 Å². The summed E-state index contributed by atoms with van der Waals surface area (Å²) < 4.78 is 40.4. The van der Waals surface area contributed by atoms with Gasteiger partial charge in [0.1, 0.15) is 5.82 Å². The van der Waals surface area contributed by atoms with E-state index in [1.54, 1.807) is 18.3 Å². The number of carbonyl (C=O) groups is 1. The summed E-state index contributed by atoms with van der Waals surface area (Å²) in [6.45, 7) is 0.432. The smallest absolute Gasteiger partial charge is 0.422 e. The highest BCUT2D eigenvalue weighted by atomic mass is 19.4. The van der Waals surface area contributed by atoms with Crippen molar-refractivity contribution in [2.24, 2.45) is 0 Å². The molecule has 0 bridgehead atoms. The van der Waals surface area contributed by atoms with Crippen LogP contribution in [0.15, 0.2) is 36.7 Å². The fraction of sp³-hybridized carbons (Fsp3) is 0.214. The van der Waals surface area contributed by atoms with Crippen molar-refractivity contribution in [3.05, 3.63) is 47.8 Å². The molecule has 0 fully saturated rings. The Morgan fingerprint density at radius 3 is 2.50 bits per heavy atom. The number of amides is 1. The Hall–Kier alpha value is -2.64. The van der Waals surface area contributed by atoms with E-state index in [0.29, 0.717) is 5.82 Å². The van der Waals surface area contributed by atoms with Crippen LogP contribution in [0.5, 0.6) is 5.88 Å². The number of aromatic nitrogens is 2. The number of anilines is 1. The predicted molar refractivity (Wildman–Crippen MR) is 72.7 cm³/mol. The molecule has 2 heterocycles. The summed E-state index contributed by atoms with van der Waals surface area (Å²) in [5.41, 5.74) is 1.13. The molecule has 8 heteroatoms. The molecule has 0 saturated heterocycles. The lowest BCUT2D eigenvalue weighted by molar-refractivity contribution is -0.154. The summed E-state index contributed by atoms with van der Waals surface area (Å²) in [6, 6.07) is 5.95. The van der Waals surface area contributed by atoms with Crippen molar-refractivity contribution >= 4 is 11.7 Å². The highest BCUT2D eigenvalue weighted by Gasteiger charge is 2.28. The zero-order valence-electron chi connectivity index (χ0n) is 11.5. The van der Waals surface area contributed by atoms with E-state index in [4.69, 9.17) is 0 Å². The van der Waals surface area contributed by atoms with Gasteiger partial charge in [-0.25, -0.2) is 9.97 Å². The molecule has 0 unspecified atom stereocenters. The van der Waals surface area contributed by atoms with Gasteiger partial charge in [-0.3, -0.25) is 4.79 Å². The molecule has 0 aliphatic carbocycles. The summed E-state index contributed by atoms with van der Waals surface area (Å²) in [5, 5.41) is 2.55. The van der Waals surface area contributed by atoms with Crippen LogP contribution in [0.4, 0.5) is 19.0 Å². The molecule has 0 atom stereocenters. The van der Waals surface area contributed by atoms with E-state index in [1.165, 1.54) is 12.1 Å². The minimum absolute atomic E-state index is 0.182. The predicted octanol–water partition coefficient (Wildman–Crippen LogP) is 2.98. The van der Waals surface area contributed by atoms with E-state index >= 15 is 0 Å². The van der Waals surface area contributed by atoms with E-state index < -0.39 is 18.7 Å². The number of aryl methyl sites for hydroxylation is 1. The zero-order valence-corrected chi connectivity index (χ0v) is 11.5. The summed E-state index contributed by atoms with van der Waals surface area (Å²) >= 11 is 0. The Morgan fingerprint density at radius 2 is 1.95 bits per heavy atom. The Morgan fingerprint density at radius 1 is 1.18 bits per heavy atom. The van der Waals surface area contributed by atoms with E-state index in [1.807, 2.05) is 6.92 Å². The molecule has 0 radical (unpaired) electrons. The first-order valence-electron chi connectivity index (χ1n) is 6.23. The number of halogens is 3. The molecule has 0 aliphatic heterocycles. The van der Waals surface area contributed by atoms with Crippen LogP contribution in [-0.2, 0) is 0 Å². The Labute approximate surface area is 124 Å². The van der Waals surface area contributed by atoms with Crippen LogP contribution in [0.2, 0.25) is 0 Å². The van der Waals surface area contributed by atoms with Gasteiger partial charge < -0.3 is 10.1 Å². The van der Waals surface area contributed by atoms with Crippen molar-refractivity contribution in [2.75, 3.05) is 11.9 Å². The van der Waals surface area contributed by atoms with Crippen LogP contribution in [0, 0.1) is 6.92 Å². The Kier molecular flexibility index (Phi) is 4.59. The van der Waals surface area contributed by atoms with Crippen molar-refractivity contribution in [1.29, 1.82) is 0 Å². The number of nitrogens with zero attached hydrogens (tertiary/aromatic N) is 2. The summed E-state index contributed by atoms with van der Waals surface area (Å²) in [5.74, 6) is -0.304. The fourth-order valence-corrected chi connectivity index (χ4v) is 1.49. The molecule has 0 aromatic carbocycles. The molecule has 0 spiro atoms. The van der Waals surface area contributed by atoms with Gasteiger partial charge in [0.2, 0.25) is 5.88 Å². The minimum Gasteiger partial charge on any atom is -0.468 e. The van der Waals surface area contributed by atoms with Crippen molar-refractivity contribution in [2.45, 2.75) is 13.1 Å². The standard InChI is InChI=1S/C14H12F3N3O2/c1-9-2-4-11(18-6-9)20-13(21)10-3-5-12(19-7-10)22-8-14(15,16)17/h2-7H,8H2,1H3,(H,18,20,21). The maximum absolute atomic E-state index is 12.0. The molecule has 0 saturated carbocycles. The average Bonchev–Trinajstić information content (AvgIpc) is 2.47. The average molecular weight is 311 g/mol. The number of nitrogens with one attached hydrogen (secondary N) is 1. The number of hydrogen-bond donors (Lipinski definition) is 1. The summed E-state index contributed by atoms with van der Waals surface area (Å²) in [6.07, 6.45) is -1.70. The lowest BCUT2D eigenvalue weighted by atomic mass is 10.2. The first-order valence-corrected chi connectivity index (χ1v) is 6.23. The van der Waals surface area contributed by atoms with Crippen LogP contribution in [0.3, 0.4) is 0 Å². The van der Waals surface area contributed by atoms with Gasteiger partial charge >= 0.3 is 6.18 Å². The van der Waals surface area contributed by atoms with Crippen molar-refractivity contribution < 1.29 is 22.7 Å². The molecular weight excluding hydrogens is 299 g/mol. The van der Waals surface area contributed by atoms with Crippen LogP contribution >= 0.6 is 0 Å². The second kappa shape index (κ2) is 6.42. The van der Waals surface area contributed by atoms with E-state index in [2.05, 4.69) is 20.0 Å². The fourth-order valence-electron chi connectivity index (χ4n) is 1.49. The third-order valence-electron chi connectivity index (χ3n) is 2.54. The first kappa shape index (κ1) is 15.7. The van der Waals surface area contributed by atoms with Crippen LogP contribution in [0.1, 0.15) is 15.9 Å². The molecule has 5 nitrogen and oxygen atoms in total. The maximum atomic E-state index is 12.0. The van der Waals surface area contributed by atoms with Gasteiger partial charge in [0.25, 0.3) is 5.91 Å². The molecular formula is C14H12F3N3O2. The molecule has 0 aliphatic rings. The molecule has 1 amide bonds. The molecule has 2 aromatic heterocycles. The van der Waals surface area contributed by atoms with E-state index in [-0.39, 0.29) is 11.4 Å². The largest absolute Gasteiger partial charge is 0.468 e. The molecule has 22 heavy (non-hydrogen) atoms. The molecule has 1 N–H and O–H groups in total.